The van der Waals surface area contributed by atoms with Gasteiger partial charge in [0.1, 0.15) is 11.6 Å². The molecule has 0 unspecified atom stereocenters. The van der Waals surface area contributed by atoms with Crippen molar-refractivity contribution in [2.45, 2.75) is 25.7 Å². The zero-order valence-corrected chi connectivity index (χ0v) is 14.2. The second kappa shape index (κ2) is 9.50. The van der Waals surface area contributed by atoms with Crippen molar-refractivity contribution in [1.29, 1.82) is 0 Å². The van der Waals surface area contributed by atoms with Crippen LogP contribution in [0.15, 0.2) is 42.5 Å². The minimum atomic E-state index is -0.889. The lowest BCUT2D eigenvalue weighted by molar-refractivity contribution is -0.116. The number of hydrogen-bond acceptors (Lipinski definition) is 3. The van der Waals surface area contributed by atoms with Gasteiger partial charge >= 0.3 is 0 Å². The molecule has 0 saturated carbocycles. The molecule has 0 atom stereocenters. The molecule has 0 spiro atoms. The minimum absolute atomic E-state index is 0.125. The minimum Gasteiger partial charge on any atom is -0.397 e. The lowest BCUT2D eigenvalue weighted by atomic mass is 10.1. The Kier molecular flexibility index (Phi) is 7.08. The molecular formula is C19H21F2N3O2. The molecule has 0 fully saturated rings. The van der Waals surface area contributed by atoms with Gasteiger partial charge in [-0.1, -0.05) is 18.6 Å². The summed E-state index contributed by atoms with van der Waals surface area (Å²) in [5, 5.41) is 5.32. The lowest BCUT2D eigenvalue weighted by Gasteiger charge is -2.08. The van der Waals surface area contributed by atoms with E-state index in [9.17, 15) is 18.4 Å². The predicted molar refractivity (Wildman–Crippen MR) is 96.6 cm³/mol. The van der Waals surface area contributed by atoms with Crippen molar-refractivity contribution in [2.75, 3.05) is 17.6 Å². The Morgan fingerprint density at radius 1 is 1.00 bits per heavy atom. The van der Waals surface area contributed by atoms with Crippen molar-refractivity contribution in [2.24, 2.45) is 0 Å². The normalized spacial score (nSPS) is 10.4. The Bertz CT molecular complexity index is 781. The largest absolute Gasteiger partial charge is 0.397 e. The molecule has 2 aromatic rings. The fourth-order valence-electron chi connectivity index (χ4n) is 2.38. The Morgan fingerprint density at radius 2 is 1.77 bits per heavy atom. The average Bonchev–Trinajstić information content (AvgIpc) is 2.59. The molecule has 0 radical (unpaired) electrons. The van der Waals surface area contributed by atoms with Crippen molar-refractivity contribution in [3.05, 3.63) is 59.7 Å². The second-order valence-corrected chi connectivity index (χ2v) is 5.83. The number of hydrogen-bond donors (Lipinski definition) is 3. The van der Waals surface area contributed by atoms with Crippen LogP contribution in [0.5, 0.6) is 0 Å². The highest BCUT2D eigenvalue weighted by atomic mass is 19.1. The molecule has 7 heteroatoms. The predicted octanol–water partition coefficient (Wildman–Crippen LogP) is 3.48. The summed E-state index contributed by atoms with van der Waals surface area (Å²) in [5.41, 5.74) is 6.67. The molecule has 5 nitrogen and oxygen atoms in total. The van der Waals surface area contributed by atoms with E-state index in [1.807, 2.05) is 0 Å². The fourth-order valence-corrected chi connectivity index (χ4v) is 2.38. The van der Waals surface area contributed by atoms with Gasteiger partial charge < -0.3 is 16.4 Å². The third kappa shape index (κ3) is 5.84. The Hall–Kier alpha value is -2.96. The van der Waals surface area contributed by atoms with E-state index in [2.05, 4.69) is 10.6 Å². The number of carbonyl (C=O) groups is 2. The fraction of sp³-hybridized carbons (Fsp3) is 0.263. The van der Waals surface area contributed by atoms with Crippen LogP contribution >= 0.6 is 0 Å². The number of nitrogen functional groups attached to an aromatic ring is 1. The van der Waals surface area contributed by atoms with E-state index in [1.54, 1.807) is 24.3 Å². The zero-order valence-electron chi connectivity index (χ0n) is 14.2. The highest BCUT2D eigenvalue weighted by Crippen LogP contribution is 2.17. The van der Waals surface area contributed by atoms with Gasteiger partial charge in [-0.05, 0) is 37.1 Å². The first-order valence-corrected chi connectivity index (χ1v) is 8.35. The van der Waals surface area contributed by atoms with E-state index < -0.39 is 17.5 Å². The number of nitrogens with two attached hydrogens (primary N) is 1. The Labute approximate surface area is 150 Å². The van der Waals surface area contributed by atoms with Crippen LogP contribution in [0.2, 0.25) is 0 Å². The molecule has 0 saturated heterocycles. The van der Waals surface area contributed by atoms with Crippen LogP contribution in [0.25, 0.3) is 0 Å². The molecule has 2 rings (SSSR count). The Morgan fingerprint density at radius 3 is 2.50 bits per heavy atom. The third-order valence-electron chi connectivity index (χ3n) is 3.78. The van der Waals surface area contributed by atoms with Crippen LogP contribution in [-0.4, -0.2) is 18.4 Å². The first-order valence-electron chi connectivity index (χ1n) is 8.35. The van der Waals surface area contributed by atoms with Gasteiger partial charge in [-0.2, -0.15) is 0 Å². The maximum Gasteiger partial charge on any atom is 0.254 e. The standard InChI is InChI=1S/C19H21F2N3O2/c20-13-9-10-14(15(21)12-13)19(26)23-11-5-1-2-8-18(25)24-17-7-4-3-6-16(17)22/h3-4,6-7,9-10,12H,1-2,5,8,11,22H2,(H,23,26)(H,24,25). The molecule has 26 heavy (non-hydrogen) atoms. The summed E-state index contributed by atoms with van der Waals surface area (Å²) in [6, 6.07) is 9.85. The second-order valence-electron chi connectivity index (χ2n) is 5.83. The first-order chi connectivity index (χ1) is 12.5. The van der Waals surface area contributed by atoms with E-state index in [0.717, 1.165) is 18.6 Å². The number of nitrogens with one attached hydrogen (secondary N) is 2. The van der Waals surface area contributed by atoms with Crippen LogP contribution in [0.3, 0.4) is 0 Å². The summed E-state index contributed by atoms with van der Waals surface area (Å²) >= 11 is 0. The number of halogens is 2. The lowest BCUT2D eigenvalue weighted by Crippen LogP contribution is -2.25. The summed E-state index contributed by atoms with van der Waals surface area (Å²) in [6.07, 6.45) is 2.37. The van der Waals surface area contributed by atoms with Crippen LogP contribution in [0.4, 0.5) is 20.2 Å². The molecule has 2 amide bonds. The number of para-hydroxylation sites is 2. The average molecular weight is 361 g/mol. The van der Waals surface area contributed by atoms with Crippen molar-refractivity contribution in [3.63, 3.8) is 0 Å². The summed E-state index contributed by atoms with van der Waals surface area (Å²) in [4.78, 5) is 23.7. The molecule has 0 aliphatic carbocycles. The van der Waals surface area contributed by atoms with E-state index in [1.165, 1.54) is 0 Å². The molecular weight excluding hydrogens is 340 g/mol. The summed E-state index contributed by atoms with van der Waals surface area (Å²) < 4.78 is 26.3. The van der Waals surface area contributed by atoms with Crippen LogP contribution in [0.1, 0.15) is 36.0 Å². The molecule has 0 heterocycles. The first kappa shape index (κ1) is 19.4. The van der Waals surface area contributed by atoms with Gasteiger partial charge in [0.25, 0.3) is 5.91 Å². The number of rotatable bonds is 8. The van der Waals surface area contributed by atoms with Crippen molar-refractivity contribution in [3.8, 4) is 0 Å². The van der Waals surface area contributed by atoms with Gasteiger partial charge in [-0.3, -0.25) is 9.59 Å². The SMILES string of the molecule is Nc1ccccc1NC(=O)CCCCCNC(=O)c1ccc(F)cc1F. The van der Waals surface area contributed by atoms with Gasteiger partial charge in [-0.15, -0.1) is 0 Å². The summed E-state index contributed by atoms with van der Waals surface area (Å²) in [6.45, 7) is 0.350. The molecule has 0 aliphatic heterocycles. The third-order valence-corrected chi connectivity index (χ3v) is 3.78. The summed E-state index contributed by atoms with van der Waals surface area (Å²) in [7, 11) is 0. The number of unbranched alkanes of at least 4 members (excludes halogenated alkanes) is 2. The molecule has 4 N–H and O–H groups in total. The molecule has 138 valence electrons. The van der Waals surface area contributed by atoms with E-state index in [0.29, 0.717) is 43.2 Å². The van der Waals surface area contributed by atoms with E-state index in [-0.39, 0.29) is 11.5 Å². The summed E-state index contributed by atoms with van der Waals surface area (Å²) in [5.74, 6) is -2.32. The maximum absolute atomic E-state index is 13.5. The monoisotopic (exact) mass is 361 g/mol. The quantitative estimate of drug-likeness (QED) is 0.497. The number of amides is 2. The number of benzene rings is 2. The van der Waals surface area contributed by atoms with Gasteiger partial charge in [0, 0.05) is 19.0 Å². The topological polar surface area (TPSA) is 84.2 Å². The van der Waals surface area contributed by atoms with E-state index >= 15 is 0 Å². The number of carbonyl (C=O) groups excluding carboxylic acids is 2. The van der Waals surface area contributed by atoms with Crippen LogP contribution in [0, 0.1) is 11.6 Å². The van der Waals surface area contributed by atoms with E-state index in [4.69, 9.17) is 5.73 Å². The maximum atomic E-state index is 13.5. The van der Waals surface area contributed by atoms with Gasteiger partial charge in [-0.25, -0.2) is 8.78 Å². The van der Waals surface area contributed by atoms with Crippen LogP contribution < -0.4 is 16.4 Å². The van der Waals surface area contributed by atoms with Crippen molar-refractivity contribution in [1.82, 2.24) is 5.32 Å². The molecule has 0 aromatic heterocycles. The van der Waals surface area contributed by atoms with Crippen molar-refractivity contribution >= 4 is 23.2 Å². The zero-order chi connectivity index (χ0) is 18.9. The molecule has 2 aromatic carbocycles. The highest BCUT2D eigenvalue weighted by Gasteiger charge is 2.11. The van der Waals surface area contributed by atoms with Crippen molar-refractivity contribution < 1.29 is 18.4 Å². The molecule has 0 bridgehead atoms. The molecule has 0 aliphatic rings. The highest BCUT2D eigenvalue weighted by molar-refractivity contribution is 5.94. The van der Waals surface area contributed by atoms with Gasteiger partial charge in [0.05, 0.1) is 16.9 Å². The van der Waals surface area contributed by atoms with Gasteiger partial charge in [0.2, 0.25) is 5.91 Å². The van der Waals surface area contributed by atoms with Crippen LogP contribution in [-0.2, 0) is 4.79 Å². The van der Waals surface area contributed by atoms with Gasteiger partial charge in [0.15, 0.2) is 0 Å². The number of anilines is 2. The smallest absolute Gasteiger partial charge is 0.254 e. The Balaban J connectivity index is 1.62.